The Morgan fingerprint density at radius 1 is 1.27 bits per heavy atom. The van der Waals surface area contributed by atoms with Crippen LogP contribution in [-0.4, -0.2) is 40.4 Å². The second-order valence-electron chi connectivity index (χ2n) is 9.34. The third kappa shape index (κ3) is 4.45. The van der Waals surface area contributed by atoms with E-state index in [2.05, 4.69) is 24.7 Å². The molecule has 3 heterocycles. The third-order valence-electron chi connectivity index (χ3n) is 5.74. The molecule has 0 spiro atoms. The Morgan fingerprint density at radius 3 is 2.83 bits per heavy atom. The van der Waals surface area contributed by atoms with Crippen LogP contribution in [0.5, 0.6) is 0 Å². The maximum atomic E-state index is 12.8. The monoisotopic (exact) mass is 428 g/mol. The molecule has 1 unspecified atom stereocenters. The average molecular weight is 429 g/mol. The molecule has 162 valence electrons. The van der Waals surface area contributed by atoms with Crippen molar-refractivity contribution in [3.8, 4) is 11.1 Å². The molecule has 1 aromatic carbocycles. The smallest absolute Gasteiger partial charge is 0.274 e. The van der Waals surface area contributed by atoms with Crippen molar-refractivity contribution in [2.24, 2.45) is 7.05 Å². The largest absolute Gasteiger partial charge is 0.360 e. The number of rotatable bonds is 7. The average Bonchev–Trinajstić information content (AvgIpc) is 3.27. The van der Waals surface area contributed by atoms with Crippen molar-refractivity contribution in [1.29, 1.82) is 0 Å². The van der Waals surface area contributed by atoms with Crippen molar-refractivity contribution in [1.82, 2.24) is 19.1 Å². The van der Waals surface area contributed by atoms with E-state index < -0.39 is 8.07 Å². The molecule has 1 saturated heterocycles. The molecule has 30 heavy (non-hydrogen) atoms. The normalized spacial score (nSPS) is 17.7. The summed E-state index contributed by atoms with van der Waals surface area (Å²) in [4.78, 5) is 12.8. The molecule has 0 aliphatic carbocycles. The van der Waals surface area contributed by atoms with E-state index in [9.17, 15) is 4.79 Å². The number of benzene rings is 1. The Morgan fingerprint density at radius 2 is 2.10 bits per heavy atom. The van der Waals surface area contributed by atoms with Crippen LogP contribution in [0.2, 0.25) is 25.7 Å². The molecule has 1 aliphatic rings. The van der Waals surface area contributed by atoms with Crippen LogP contribution >= 0.6 is 0 Å². The van der Waals surface area contributed by atoms with E-state index in [0.29, 0.717) is 12.3 Å². The van der Waals surface area contributed by atoms with E-state index in [-0.39, 0.29) is 11.8 Å². The molecule has 8 heteroatoms. The predicted molar refractivity (Wildman–Crippen MR) is 121 cm³/mol. The highest BCUT2D eigenvalue weighted by molar-refractivity contribution is 6.76. The lowest BCUT2D eigenvalue weighted by Gasteiger charge is -2.23. The summed E-state index contributed by atoms with van der Waals surface area (Å²) in [5, 5.41) is 5.57. The van der Waals surface area contributed by atoms with Crippen LogP contribution in [0.1, 0.15) is 25.5 Å². The standard InChI is InChI=1S/C22H32N4O3Si/c1-24-22(27)19(15-25(24)16-28-11-12-30(2,3)4)17-8-9-20-18(13-17)14-23-26(20)21-7-5-6-10-29-21/h8-9,13-15,21H,5-7,10-12,16H2,1-4H3. The Hall–Kier alpha value is -2.16. The summed E-state index contributed by atoms with van der Waals surface area (Å²) in [5.74, 6) is 0. The molecule has 0 N–H and O–H groups in total. The van der Waals surface area contributed by atoms with Gasteiger partial charge in [-0.1, -0.05) is 25.7 Å². The SMILES string of the molecule is Cn1c(=O)c(-c2ccc3c(cnn3C3CCCCO3)c2)cn1COCC[Si](C)(C)C. The zero-order valence-electron chi connectivity index (χ0n) is 18.4. The minimum absolute atomic E-state index is 0.00404. The highest BCUT2D eigenvalue weighted by Crippen LogP contribution is 2.28. The van der Waals surface area contributed by atoms with Gasteiger partial charge in [0.15, 0.2) is 6.23 Å². The van der Waals surface area contributed by atoms with Gasteiger partial charge in [0, 0.05) is 39.9 Å². The van der Waals surface area contributed by atoms with Crippen molar-refractivity contribution in [2.45, 2.75) is 57.9 Å². The van der Waals surface area contributed by atoms with Crippen LogP contribution in [0, 0.1) is 0 Å². The molecule has 4 rings (SSSR count). The number of aromatic nitrogens is 4. The fourth-order valence-electron chi connectivity index (χ4n) is 3.81. The summed E-state index contributed by atoms with van der Waals surface area (Å²) in [6, 6.07) is 7.18. The van der Waals surface area contributed by atoms with Crippen LogP contribution in [0.25, 0.3) is 22.0 Å². The van der Waals surface area contributed by atoms with Crippen molar-refractivity contribution in [2.75, 3.05) is 13.2 Å². The van der Waals surface area contributed by atoms with Gasteiger partial charge < -0.3 is 9.47 Å². The molecule has 0 radical (unpaired) electrons. The lowest BCUT2D eigenvalue weighted by Crippen LogP contribution is -2.24. The highest BCUT2D eigenvalue weighted by atomic mass is 28.3. The maximum Gasteiger partial charge on any atom is 0.274 e. The predicted octanol–water partition coefficient (Wildman–Crippen LogP) is 4.21. The Bertz CT molecular complexity index is 1070. The van der Waals surface area contributed by atoms with E-state index in [0.717, 1.165) is 55.0 Å². The molecule has 1 fully saturated rings. The number of hydrogen-bond donors (Lipinski definition) is 0. The van der Waals surface area contributed by atoms with Crippen LogP contribution in [-0.2, 0) is 23.3 Å². The topological polar surface area (TPSA) is 63.2 Å². The summed E-state index contributed by atoms with van der Waals surface area (Å²) in [5.41, 5.74) is 2.59. The number of ether oxygens (including phenoxy) is 2. The molecule has 0 amide bonds. The van der Waals surface area contributed by atoms with Gasteiger partial charge in [0.2, 0.25) is 0 Å². The number of nitrogens with zero attached hydrogens (tertiary/aromatic N) is 4. The second kappa shape index (κ2) is 8.53. The summed E-state index contributed by atoms with van der Waals surface area (Å²) in [7, 11) is 0.659. The zero-order chi connectivity index (χ0) is 21.3. The van der Waals surface area contributed by atoms with Gasteiger partial charge in [0.25, 0.3) is 5.56 Å². The van der Waals surface area contributed by atoms with Gasteiger partial charge in [-0.15, -0.1) is 0 Å². The van der Waals surface area contributed by atoms with Gasteiger partial charge in [-0.25, -0.2) is 4.68 Å². The zero-order valence-corrected chi connectivity index (χ0v) is 19.4. The summed E-state index contributed by atoms with van der Waals surface area (Å²) < 4.78 is 17.1. The molecule has 7 nitrogen and oxygen atoms in total. The molecule has 2 aromatic heterocycles. The first kappa shape index (κ1) is 21.1. The molecule has 1 atom stereocenters. The van der Waals surface area contributed by atoms with Crippen molar-refractivity contribution in [3.63, 3.8) is 0 Å². The van der Waals surface area contributed by atoms with Crippen molar-refractivity contribution < 1.29 is 9.47 Å². The van der Waals surface area contributed by atoms with Crippen molar-refractivity contribution in [3.05, 3.63) is 40.9 Å². The van der Waals surface area contributed by atoms with Crippen molar-refractivity contribution >= 4 is 19.0 Å². The third-order valence-corrected chi connectivity index (χ3v) is 7.45. The number of fused-ring (bicyclic) bond motifs is 1. The minimum Gasteiger partial charge on any atom is -0.360 e. The Balaban J connectivity index is 1.54. The first-order chi connectivity index (χ1) is 14.3. The van der Waals surface area contributed by atoms with Crippen LogP contribution < -0.4 is 5.56 Å². The lowest BCUT2D eigenvalue weighted by molar-refractivity contribution is -0.0366. The Kier molecular flexibility index (Phi) is 5.99. The van der Waals surface area contributed by atoms with E-state index in [4.69, 9.17) is 9.47 Å². The van der Waals surface area contributed by atoms with E-state index in [1.165, 1.54) is 0 Å². The highest BCUT2D eigenvalue weighted by Gasteiger charge is 2.19. The summed E-state index contributed by atoms with van der Waals surface area (Å²) in [6.07, 6.45) is 7.00. The second-order valence-corrected chi connectivity index (χ2v) is 15.0. The molecular formula is C22H32N4O3Si. The number of hydrogen-bond acceptors (Lipinski definition) is 4. The van der Waals surface area contributed by atoms with Crippen LogP contribution in [0.4, 0.5) is 0 Å². The molecular weight excluding hydrogens is 396 g/mol. The maximum absolute atomic E-state index is 12.8. The fraction of sp³-hybridized carbons (Fsp3) is 0.545. The minimum atomic E-state index is -1.12. The van der Waals surface area contributed by atoms with Gasteiger partial charge in [0.1, 0.15) is 6.73 Å². The van der Waals surface area contributed by atoms with E-state index in [1.54, 1.807) is 11.7 Å². The van der Waals surface area contributed by atoms with Gasteiger partial charge in [-0.05, 0) is 43.0 Å². The van der Waals surface area contributed by atoms with Gasteiger partial charge >= 0.3 is 0 Å². The summed E-state index contributed by atoms with van der Waals surface area (Å²) in [6.45, 7) is 8.89. The van der Waals surface area contributed by atoms with E-state index in [1.807, 2.05) is 40.0 Å². The first-order valence-electron chi connectivity index (χ1n) is 10.8. The van der Waals surface area contributed by atoms with Gasteiger partial charge in [-0.2, -0.15) is 5.10 Å². The van der Waals surface area contributed by atoms with Gasteiger partial charge in [-0.3, -0.25) is 14.2 Å². The van der Waals surface area contributed by atoms with E-state index >= 15 is 0 Å². The van der Waals surface area contributed by atoms with Gasteiger partial charge in [0.05, 0.1) is 17.3 Å². The lowest BCUT2D eigenvalue weighted by atomic mass is 10.1. The molecule has 3 aromatic rings. The molecule has 1 aliphatic heterocycles. The fourth-order valence-corrected chi connectivity index (χ4v) is 4.56. The molecule has 0 saturated carbocycles. The summed E-state index contributed by atoms with van der Waals surface area (Å²) >= 11 is 0. The van der Waals surface area contributed by atoms with Crippen LogP contribution in [0.3, 0.4) is 0 Å². The van der Waals surface area contributed by atoms with Crippen LogP contribution in [0.15, 0.2) is 35.4 Å². The molecule has 0 bridgehead atoms. The Labute approximate surface area is 178 Å². The first-order valence-corrected chi connectivity index (χ1v) is 14.5. The quantitative estimate of drug-likeness (QED) is 0.418.